The fourth-order valence-corrected chi connectivity index (χ4v) is 3.14. The summed E-state index contributed by atoms with van der Waals surface area (Å²) in [6.45, 7) is 0. The molecule has 4 rings (SSSR count). The van der Waals surface area contributed by atoms with E-state index >= 15 is 0 Å². The number of fused-ring (bicyclic) bond motifs is 5. The van der Waals surface area contributed by atoms with Crippen molar-refractivity contribution in [2.24, 2.45) is 0 Å². The van der Waals surface area contributed by atoms with Crippen molar-refractivity contribution >= 4 is 43.9 Å². The van der Waals surface area contributed by atoms with E-state index in [1.54, 1.807) is 24.3 Å². The Bertz CT molecular complexity index is 1370. The molecule has 0 aliphatic carbocycles. The van der Waals surface area contributed by atoms with Crippen molar-refractivity contribution in [1.82, 2.24) is 0 Å². The van der Waals surface area contributed by atoms with E-state index < -0.39 is 0 Å². The maximum absolute atomic E-state index is 9.26. The number of nitriles is 4. The van der Waals surface area contributed by atoms with E-state index in [9.17, 15) is 21.0 Å². The molecule has 2 aromatic heterocycles. The standard InChI is InChI=1S/C20H6N4O2/c21-7-11(8-22)15-6-18-14-2-4-26-20(14)16(12(9-23)10-24)5-17(18)13-1-3-25-19(13)15/h1-6H. The van der Waals surface area contributed by atoms with Crippen LogP contribution in [0.15, 0.2) is 45.6 Å². The van der Waals surface area contributed by atoms with Crippen LogP contribution in [0, 0.1) is 45.3 Å². The molecule has 0 saturated heterocycles. The van der Waals surface area contributed by atoms with Gasteiger partial charge in [-0.2, -0.15) is 21.0 Å². The van der Waals surface area contributed by atoms with Gasteiger partial charge >= 0.3 is 0 Å². The Kier molecular flexibility index (Phi) is 3.20. The average Bonchev–Trinajstić information content (AvgIpc) is 3.33. The van der Waals surface area contributed by atoms with Crippen LogP contribution in [-0.2, 0) is 0 Å². The Balaban J connectivity index is 2.44. The number of hydrogen-bond donors (Lipinski definition) is 0. The number of benzene rings is 2. The van der Waals surface area contributed by atoms with Crippen molar-refractivity contribution in [1.29, 1.82) is 21.0 Å². The molecule has 6 nitrogen and oxygen atoms in total. The molecule has 0 amide bonds. The van der Waals surface area contributed by atoms with Gasteiger partial charge in [0.15, 0.2) is 0 Å². The Hall–Kier alpha value is -4.52. The van der Waals surface area contributed by atoms with Crippen LogP contribution in [0.2, 0.25) is 0 Å². The third-order valence-electron chi connectivity index (χ3n) is 4.25. The van der Waals surface area contributed by atoms with Crippen LogP contribution in [0.4, 0.5) is 0 Å². The predicted molar refractivity (Wildman–Crippen MR) is 92.0 cm³/mol. The molecule has 0 fully saturated rings. The van der Waals surface area contributed by atoms with Gasteiger partial charge in [0, 0.05) is 21.2 Å². The molecule has 4 aromatic rings. The Labute approximate surface area is 145 Å². The van der Waals surface area contributed by atoms with Crippen molar-refractivity contribution < 1.29 is 8.83 Å². The van der Waals surface area contributed by atoms with Crippen molar-refractivity contribution in [3.63, 3.8) is 0 Å². The maximum Gasteiger partial charge on any atom is 0.143 e. The van der Waals surface area contributed by atoms with Gasteiger partial charge in [0.2, 0.25) is 0 Å². The Morgan fingerprint density at radius 1 is 0.615 bits per heavy atom. The van der Waals surface area contributed by atoms with Gasteiger partial charge in [-0.15, -0.1) is 0 Å². The van der Waals surface area contributed by atoms with Gasteiger partial charge in [-0.1, -0.05) is 0 Å². The smallest absolute Gasteiger partial charge is 0.143 e. The number of furan rings is 2. The van der Waals surface area contributed by atoms with E-state index in [1.807, 2.05) is 24.3 Å². The zero-order valence-corrected chi connectivity index (χ0v) is 13.1. The van der Waals surface area contributed by atoms with Crippen molar-refractivity contribution in [2.45, 2.75) is 0 Å². The van der Waals surface area contributed by atoms with Gasteiger partial charge in [-0.05, 0) is 35.0 Å². The van der Waals surface area contributed by atoms with Crippen LogP contribution >= 0.6 is 0 Å². The summed E-state index contributed by atoms with van der Waals surface area (Å²) >= 11 is 0. The fourth-order valence-electron chi connectivity index (χ4n) is 3.14. The summed E-state index contributed by atoms with van der Waals surface area (Å²) in [5.41, 5.74) is 0.683. The van der Waals surface area contributed by atoms with Gasteiger partial charge in [-0.3, -0.25) is 0 Å². The number of hydrogen-bond acceptors (Lipinski definition) is 6. The summed E-state index contributed by atoms with van der Waals surface area (Å²) in [5, 5.41) is 40.6. The normalized spacial score (nSPS) is 10.2. The summed E-state index contributed by atoms with van der Waals surface area (Å²) in [6.07, 6.45) is 2.94. The molecule has 118 valence electrons. The van der Waals surface area contributed by atoms with E-state index in [0.717, 1.165) is 10.8 Å². The van der Waals surface area contributed by atoms with Gasteiger partial charge in [0.1, 0.15) is 46.6 Å². The Morgan fingerprint density at radius 3 is 1.35 bits per heavy atom. The highest BCUT2D eigenvalue weighted by Gasteiger charge is 2.14. The minimum Gasteiger partial charge on any atom is -0.464 e. The SMILES string of the molecule is N#CC(C#N)=c1cc2c3ccoc3c(=C(C#N)C#N)cc2c2ccoc12. The molecular weight excluding hydrogens is 328 g/mol. The quantitative estimate of drug-likeness (QED) is 0.487. The van der Waals surface area contributed by atoms with Crippen molar-refractivity contribution in [2.75, 3.05) is 0 Å². The minimum atomic E-state index is -0.0612. The van der Waals surface area contributed by atoms with E-state index in [2.05, 4.69) is 0 Å². The van der Waals surface area contributed by atoms with Crippen LogP contribution in [0.25, 0.3) is 43.9 Å². The first kappa shape index (κ1) is 15.0. The van der Waals surface area contributed by atoms with Crippen molar-refractivity contribution in [3.8, 4) is 24.3 Å². The highest BCUT2D eigenvalue weighted by Crippen LogP contribution is 2.29. The molecule has 0 spiro atoms. The second kappa shape index (κ2) is 5.53. The molecular formula is C20H6N4O2. The van der Waals surface area contributed by atoms with Crippen LogP contribution in [-0.4, -0.2) is 0 Å². The summed E-state index contributed by atoms with van der Waals surface area (Å²) in [5.74, 6) is 0. The summed E-state index contributed by atoms with van der Waals surface area (Å²) in [7, 11) is 0. The van der Waals surface area contributed by atoms with Gasteiger partial charge in [-0.25, -0.2) is 0 Å². The molecule has 0 radical (unpaired) electrons. The predicted octanol–water partition coefficient (Wildman–Crippen LogP) is 2.73. The zero-order chi connectivity index (χ0) is 18.3. The molecule has 0 bridgehead atoms. The second-order valence-electron chi connectivity index (χ2n) is 5.47. The molecule has 2 aromatic carbocycles. The van der Waals surface area contributed by atoms with E-state index in [-0.39, 0.29) is 11.1 Å². The molecule has 0 saturated carbocycles. The number of rotatable bonds is 0. The highest BCUT2D eigenvalue weighted by molar-refractivity contribution is 6.16. The first-order valence-electron chi connectivity index (χ1n) is 7.42. The lowest BCUT2D eigenvalue weighted by Gasteiger charge is -2.03. The molecule has 0 atom stereocenters. The first-order valence-corrected chi connectivity index (χ1v) is 7.42. The van der Waals surface area contributed by atoms with Crippen molar-refractivity contribution in [3.05, 3.63) is 47.2 Å². The lowest BCUT2D eigenvalue weighted by Crippen LogP contribution is -2.09. The monoisotopic (exact) mass is 334 g/mol. The molecule has 0 aliphatic rings. The lowest BCUT2D eigenvalue weighted by molar-refractivity contribution is 0.613. The third kappa shape index (κ3) is 1.88. The third-order valence-corrected chi connectivity index (χ3v) is 4.25. The average molecular weight is 334 g/mol. The molecule has 2 heterocycles. The largest absolute Gasteiger partial charge is 0.464 e. The molecule has 6 heteroatoms. The topological polar surface area (TPSA) is 121 Å². The molecule has 26 heavy (non-hydrogen) atoms. The summed E-state index contributed by atoms with van der Waals surface area (Å²) in [6, 6.07) is 14.4. The first-order chi connectivity index (χ1) is 12.7. The Morgan fingerprint density at radius 2 is 1.00 bits per heavy atom. The highest BCUT2D eigenvalue weighted by atomic mass is 16.3. The molecule has 0 N–H and O–H groups in total. The van der Waals surface area contributed by atoms with Crippen LogP contribution in [0.1, 0.15) is 0 Å². The second-order valence-corrected chi connectivity index (χ2v) is 5.47. The zero-order valence-electron chi connectivity index (χ0n) is 13.1. The van der Waals surface area contributed by atoms with E-state index in [0.29, 0.717) is 32.4 Å². The molecule has 0 aliphatic heterocycles. The summed E-state index contributed by atoms with van der Waals surface area (Å²) in [4.78, 5) is 0. The van der Waals surface area contributed by atoms with E-state index in [4.69, 9.17) is 8.83 Å². The molecule has 0 unspecified atom stereocenters. The lowest BCUT2D eigenvalue weighted by atomic mass is 9.98. The van der Waals surface area contributed by atoms with Crippen LogP contribution < -0.4 is 10.4 Å². The minimum absolute atomic E-state index is 0.0612. The number of nitrogens with zero attached hydrogens (tertiary/aromatic N) is 4. The fraction of sp³-hybridized carbons (Fsp3) is 0. The van der Waals surface area contributed by atoms with Gasteiger partial charge in [0.25, 0.3) is 0 Å². The van der Waals surface area contributed by atoms with Crippen LogP contribution in [0.5, 0.6) is 0 Å². The maximum atomic E-state index is 9.26. The van der Waals surface area contributed by atoms with Gasteiger partial charge < -0.3 is 8.83 Å². The summed E-state index contributed by atoms with van der Waals surface area (Å²) < 4.78 is 11.0. The van der Waals surface area contributed by atoms with E-state index in [1.165, 1.54) is 12.5 Å². The van der Waals surface area contributed by atoms with Crippen LogP contribution in [0.3, 0.4) is 0 Å². The van der Waals surface area contributed by atoms with Gasteiger partial charge in [0.05, 0.1) is 12.5 Å².